The van der Waals surface area contributed by atoms with Gasteiger partial charge in [-0.2, -0.15) is 0 Å². The van der Waals surface area contributed by atoms with Crippen molar-refractivity contribution in [1.82, 2.24) is 10.6 Å². The van der Waals surface area contributed by atoms with Crippen LogP contribution in [0.2, 0.25) is 0 Å². The maximum absolute atomic E-state index is 14.9. The van der Waals surface area contributed by atoms with Crippen molar-refractivity contribution >= 4 is 23.9 Å². The molecule has 0 amide bonds. The number of rotatable bonds is 13. The van der Waals surface area contributed by atoms with Gasteiger partial charge in [0.1, 0.15) is 21.7 Å². The van der Waals surface area contributed by atoms with Crippen molar-refractivity contribution < 1.29 is 52.3 Å². The summed E-state index contributed by atoms with van der Waals surface area (Å²) in [5.74, 6) is -3.23. The van der Waals surface area contributed by atoms with Gasteiger partial charge in [0.05, 0.1) is 47.8 Å². The molecule has 2 aliphatic carbocycles. The molecule has 4 aliphatic heterocycles. The Morgan fingerprint density at radius 2 is 0.880 bits per heavy atom. The lowest BCUT2D eigenvalue weighted by molar-refractivity contribution is -0.367. The van der Waals surface area contributed by atoms with Gasteiger partial charge in [-0.15, -0.1) is 0 Å². The average molecular weight is 693 g/mol. The summed E-state index contributed by atoms with van der Waals surface area (Å²) in [6, 6.07) is 8.94. The number of esters is 4. The van der Waals surface area contributed by atoms with E-state index in [1.54, 1.807) is 39.8 Å². The first kappa shape index (κ1) is 34.1. The lowest BCUT2D eigenvalue weighted by atomic mass is 9.16. The molecule has 2 aromatic rings. The van der Waals surface area contributed by atoms with Crippen LogP contribution < -0.4 is 24.8 Å². The Balaban J connectivity index is 1.62. The van der Waals surface area contributed by atoms with E-state index in [1.165, 1.54) is 21.3 Å². The molecule has 8 rings (SSSR count). The number of carbonyl (C=O) groups excluding carboxylic acids is 4. The summed E-state index contributed by atoms with van der Waals surface area (Å²) in [6.45, 7) is 7.07. The summed E-state index contributed by atoms with van der Waals surface area (Å²) in [4.78, 5) is 59.3. The van der Waals surface area contributed by atoms with Crippen LogP contribution in [0, 0.1) is 21.7 Å². The smallest absolute Gasteiger partial charge is 0.316 e. The molecule has 2 saturated carbocycles. The Hall–Kier alpha value is -4.36. The molecule has 2 N–H and O–H groups in total. The van der Waals surface area contributed by atoms with Gasteiger partial charge in [-0.05, 0) is 51.0 Å². The molecule has 8 bridgehead atoms. The summed E-state index contributed by atoms with van der Waals surface area (Å²) >= 11 is 0. The van der Waals surface area contributed by atoms with Gasteiger partial charge in [0.25, 0.3) is 0 Å². The minimum absolute atomic E-state index is 0.0442. The fourth-order valence-electron chi connectivity index (χ4n) is 11.1. The third-order valence-corrected chi connectivity index (χ3v) is 12.1. The molecule has 0 radical (unpaired) electrons. The van der Waals surface area contributed by atoms with Crippen LogP contribution in [0.15, 0.2) is 42.5 Å². The first-order chi connectivity index (χ1) is 24.2. The van der Waals surface area contributed by atoms with Crippen LogP contribution in [0.5, 0.6) is 17.2 Å². The normalized spacial score (nSPS) is 36.3. The minimum atomic E-state index is -1.57. The van der Waals surface area contributed by atoms with Crippen molar-refractivity contribution in [2.45, 2.75) is 63.7 Å². The van der Waals surface area contributed by atoms with Crippen LogP contribution in [0.3, 0.4) is 0 Å². The average Bonchev–Trinajstić information content (AvgIpc) is 3.10. The molecule has 2 aromatic carbocycles. The van der Waals surface area contributed by atoms with E-state index in [0.29, 0.717) is 28.4 Å². The van der Waals surface area contributed by atoms with Crippen LogP contribution in [0.4, 0.5) is 0 Å². The zero-order valence-corrected chi connectivity index (χ0v) is 29.3. The highest BCUT2D eigenvalue weighted by Crippen LogP contribution is 2.88. The molecule has 13 nitrogen and oxygen atoms in total. The van der Waals surface area contributed by atoms with Gasteiger partial charge in [0.2, 0.25) is 5.75 Å². The predicted molar refractivity (Wildman–Crippen MR) is 176 cm³/mol. The largest absolute Gasteiger partial charge is 0.493 e. The Labute approximate surface area is 290 Å². The van der Waals surface area contributed by atoms with Gasteiger partial charge >= 0.3 is 23.9 Å². The third-order valence-electron chi connectivity index (χ3n) is 12.1. The van der Waals surface area contributed by atoms with Gasteiger partial charge in [0, 0.05) is 36.0 Å². The number of hydrogen-bond acceptors (Lipinski definition) is 13. The second-order valence-corrected chi connectivity index (χ2v) is 13.4. The van der Waals surface area contributed by atoms with E-state index in [1.807, 2.05) is 30.3 Å². The molecule has 0 aromatic heterocycles. The minimum Gasteiger partial charge on any atom is -0.493 e. The number of carbonyl (C=O) groups is 4. The van der Waals surface area contributed by atoms with Gasteiger partial charge < -0.3 is 43.8 Å². The lowest BCUT2D eigenvalue weighted by Crippen LogP contribution is -3.09. The van der Waals surface area contributed by atoms with Crippen LogP contribution in [0.1, 0.15) is 50.7 Å². The van der Waals surface area contributed by atoms with E-state index in [4.69, 9.17) is 33.2 Å². The summed E-state index contributed by atoms with van der Waals surface area (Å²) in [5.41, 5.74) is -4.93. The Bertz CT molecular complexity index is 1610. The summed E-state index contributed by atoms with van der Waals surface area (Å²) in [7, 11) is 4.44. The third kappa shape index (κ3) is 3.54. The first-order valence-corrected chi connectivity index (χ1v) is 17.2. The second-order valence-electron chi connectivity index (χ2n) is 13.4. The molecule has 8 atom stereocenters. The first-order valence-electron chi connectivity index (χ1n) is 17.2. The van der Waals surface area contributed by atoms with Crippen LogP contribution in [0.25, 0.3) is 0 Å². The van der Waals surface area contributed by atoms with Crippen molar-refractivity contribution in [1.29, 1.82) is 0 Å². The van der Waals surface area contributed by atoms with Gasteiger partial charge in [-0.1, -0.05) is 30.3 Å². The zero-order valence-electron chi connectivity index (χ0n) is 29.3. The summed E-state index contributed by atoms with van der Waals surface area (Å²) in [6.07, 6.45) is 0. The maximum Gasteiger partial charge on any atom is 0.316 e. The van der Waals surface area contributed by atoms with E-state index in [2.05, 4.69) is 10.6 Å². The molecular formula is C37H44N2O11. The summed E-state index contributed by atoms with van der Waals surface area (Å²) < 4.78 is 40.7. The number of hydrogen-bond donors (Lipinski definition) is 2. The zero-order chi connectivity index (χ0) is 35.8. The lowest BCUT2D eigenvalue weighted by Gasteiger charge is -2.91. The topological polar surface area (TPSA) is 157 Å². The maximum atomic E-state index is 14.9. The van der Waals surface area contributed by atoms with Crippen molar-refractivity contribution in [3.63, 3.8) is 0 Å². The molecule has 0 spiro atoms. The standard InChI is InChI=1S/C37H44N2O11/c1-8-47-30(40)34-24(19-15-13-12-14-16-19)35(31(41)48-9-2)28-37(33(43)50-11-4)25(20-17-21(44-5)23(46-7)22(18-20)45-6)36(26(34)38-28,32(42)49-10-3)27(34)39-29(35)37/h12-18,24-29,38-39H,8-11H2,1-7H3/t24?,25?,26-,27+,28+,29-,34?,35?,36?,37?. The second kappa shape index (κ2) is 11.9. The number of nitrogens with one attached hydrogen (secondary N) is 2. The molecular weight excluding hydrogens is 648 g/mol. The van der Waals surface area contributed by atoms with Crippen molar-refractivity contribution in [3.8, 4) is 17.2 Å². The fourth-order valence-corrected chi connectivity index (χ4v) is 11.1. The Morgan fingerprint density at radius 1 is 0.540 bits per heavy atom. The highest BCUT2D eigenvalue weighted by Gasteiger charge is 3.03. The number of benzene rings is 2. The Morgan fingerprint density at radius 3 is 1.18 bits per heavy atom. The van der Waals surface area contributed by atoms with Crippen LogP contribution in [-0.2, 0) is 38.1 Å². The fraction of sp³-hybridized carbons (Fsp3) is 0.568. The van der Waals surface area contributed by atoms with Crippen LogP contribution in [-0.4, -0.2) is 95.8 Å². The molecule has 50 heavy (non-hydrogen) atoms. The summed E-state index contributed by atoms with van der Waals surface area (Å²) in [5, 5.41) is 7.16. The monoisotopic (exact) mass is 692 g/mol. The van der Waals surface area contributed by atoms with E-state index in [-0.39, 0.29) is 26.4 Å². The van der Waals surface area contributed by atoms with E-state index in [9.17, 15) is 19.2 Å². The number of methoxy groups -OCH3 is 3. The van der Waals surface area contributed by atoms with Gasteiger partial charge in [0.15, 0.2) is 11.5 Å². The van der Waals surface area contributed by atoms with Crippen molar-refractivity contribution in [3.05, 3.63) is 53.6 Å². The molecule has 13 heteroatoms. The van der Waals surface area contributed by atoms with Crippen molar-refractivity contribution in [2.75, 3.05) is 47.8 Å². The molecule has 4 unspecified atom stereocenters. The molecule has 4 heterocycles. The highest BCUT2D eigenvalue weighted by atomic mass is 16.6. The molecule has 6 aliphatic rings. The van der Waals surface area contributed by atoms with Gasteiger partial charge in [-0.3, -0.25) is 19.2 Å². The van der Waals surface area contributed by atoms with Crippen molar-refractivity contribution in [2.24, 2.45) is 21.7 Å². The quantitative estimate of drug-likeness (QED) is 0.233. The predicted octanol–water partition coefficient (Wildman–Crippen LogP) is 2.50. The van der Waals surface area contributed by atoms with E-state index in [0.717, 1.165) is 0 Å². The van der Waals surface area contributed by atoms with Gasteiger partial charge in [-0.25, -0.2) is 0 Å². The van der Waals surface area contributed by atoms with Crippen LogP contribution >= 0.6 is 0 Å². The highest BCUT2D eigenvalue weighted by molar-refractivity contribution is 6.03. The molecule has 6 fully saturated rings. The molecule has 268 valence electrons. The molecule has 4 saturated heterocycles. The Kier molecular flexibility index (Phi) is 8.09. The number of ether oxygens (including phenoxy) is 7. The van der Waals surface area contributed by atoms with E-state index >= 15 is 0 Å². The SMILES string of the molecule is CCOC(=O)C12C(c3ccccc3)C3(C(=O)OCC)[C@H]4N[C@@H]1C1(C(=O)OCC)C(c5cc(OC)c(OC)c(OC)c5)C4(C(=O)OCC)[C@H]3N[C@H]21. The van der Waals surface area contributed by atoms with E-state index < -0.39 is 81.5 Å². The number of piperidine rings is 4.